The van der Waals surface area contributed by atoms with Crippen LogP contribution in [0, 0.1) is 6.92 Å². The van der Waals surface area contributed by atoms with E-state index in [0.29, 0.717) is 12.0 Å². The van der Waals surface area contributed by atoms with Gasteiger partial charge in [-0.1, -0.05) is 0 Å². The minimum atomic E-state index is 0.411. The van der Waals surface area contributed by atoms with Crippen LogP contribution in [0.5, 0.6) is 0 Å². The van der Waals surface area contributed by atoms with Gasteiger partial charge < -0.3 is 10.2 Å². The molecule has 130 valence electrons. The smallest absolute Gasteiger partial charge is 0.135 e. The van der Waals surface area contributed by atoms with Crippen molar-refractivity contribution in [3.05, 3.63) is 35.2 Å². The number of hydrogen-bond acceptors (Lipinski definition) is 6. The maximum absolute atomic E-state index is 4.78. The number of nitrogens with zero attached hydrogens (tertiary/aromatic N) is 5. The summed E-state index contributed by atoms with van der Waals surface area (Å²) in [5, 5.41) is 3.61. The number of anilines is 2. The molecule has 1 atom stereocenters. The lowest BCUT2D eigenvalue weighted by Gasteiger charge is -2.21. The van der Waals surface area contributed by atoms with Crippen molar-refractivity contribution in [3.63, 3.8) is 0 Å². The third kappa shape index (κ3) is 2.94. The molecule has 0 spiro atoms. The SMILES string of the molecule is Cc1nc2c(c(N3CCC(Nc4ccnc(C5CC5)n4)C3)n1)CCC2. The van der Waals surface area contributed by atoms with E-state index < -0.39 is 0 Å². The van der Waals surface area contributed by atoms with E-state index in [1.807, 2.05) is 19.2 Å². The lowest BCUT2D eigenvalue weighted by molar-refractivity contribution is 0.791. The van der Waals surface area contributed by atoms with E-state index >= 15 is 0 Å². The van der Waals surface area contributed by atoms with Crippen molar-refractivity contribution in [1.29, 1.82) is 0 Å². The largest absolute Gasteiger partial charge is 0.365 e. The normalized spacial score (nSPS) is 22.3. The summed E-state index contributed by atoms with van der Waals surface area (Å²) in [4.78, 5) is 21.0. The first kappa shape index (κ1) is 15.0. The molecular weight excluding hydrogens is 312 g/mol. The monoisotopic (exact) mass is 336 g/mol. The van der Waals surface area contributed by atoms with Crippen LogP contribution in [0.1, 0.15) is 54.5 Å². The van der Waals surface area contributed by atoms with Gasteiger partial charge in [-0.15, -0.1) is 0 Å². The fourth-order valence-electron chi connectivity index (χ4n) is 4.07. The van der Waals surface area contributed by atoms with Crippen molar-refractivity contribution in [2.75, 3.05) is 23.3 Å². The lowest BCUT2D eigenvalue weighted by atomic mass is 10.2. The van der Waals surface area contributed by atoms with Gasteiger partial charge in [0.2, 0.25) is 0 Å². The molecule has 1 saturated carbocycles. The number of rotatable bonds is 4. The standard InChI is InChI=1S/C19H24N6/c1-12-21-16-4-2-3-15(16)19(22-12)25-10-8-14(11-25)23-17-7-9-20-18(24-17)13-5-6-13/h7,9,13-14H,2-6,8,10-11H2,1H3,(H,20,23,24). The second-order valence-electron chi connectivity index (χ2n) is 7.52. The van der Waals surface area contributed by atoms with Gasteiger partial charge in [-0.25, -0.2) is 19.9 Å². The first-order valence-corrected chi connectivity index (χ1v) is 9.47. The van der Waals surface area contributed by atoms with E-state index in [4.69, 9.17) is 9.97 Å². The van der Waals surface area contributed by atoms with Crippen LogP contribution in [0.4, 0.5) is 11.6 Å². The fraction of sp³-hybridized carbons (Fsp3) is 0.579. The molecule has 1 aliphatic heterocycles. The van der Waals surface area contributed by atoms with Crippen LogP contribution in [-0.2, 0) is 12.8 Å². The minimum Gasteiger partial charge on any atom is -0.365 e. The molecule has 0 aromatic carbocycles. The third-order valence-electron chi connectivity index (χ3n) is 5.48. The Labute approximate surface area is 148 Å². The maximum Gasteiger partial charge on any atom is 0.135 e. The zero-order valence-electron chi connectivity index (χ0n) is 14.7. The molecule has 0 bridgehead atoms. The minimum absolute atomic E-state index is 0.411. The highest BCUT2D eigenvalue weighted by Gasteiger charge is 2.29. The molecular formula is C19H24N6. The van der Waals surface area contributed by atoms with Crippen LogP contribution < -0.4 is 10.2 Å². The number of hydrogen-bond donors (Lipinski definition) is 1. The van der Waals surface area contributed by atoms with Crippen molar-refractivity contribution < 1.29 is 0 Å². The molecule has 0 radical (unpaired) electrons. The highest BCUT2D eigenvalue weighted by Crippen LogP contribution is 2.38. The third-order valence-corrected chi connectivity index (χ3v) is 5.48. The summed E-state index contributed by atoms with van der Waals surface area (Å²) in [6.07, 6.45) is 8.90. The number of nitrogens with one attached hydrogen (secondary N) is 1. The number of fused-ring (bicyclic) bond motifs is 1. The molecule has 2 aliphatic carbocycles. The average Bonchev–Trinajstić information content (AvgIpc) is 3.19. The molecule has 6 nitrogen and oxygen atoms in total. The molecule has 5 rings (SSSR count). The number of aryl methyl sites for hydroxylation is 2. The molecule has 2 fully saturated rings. The lowest BCUT2D eigenvalue weighted by Crippen LogP contribution is -2.28. The van der Waals surface area contributed by atoms with Crippen molar-refractivity contribution in [1.82, 2.24) is 19.9 Å². The highest BCUT2D eigenvalue weighted by atomic mass is 15.2. The van der Waals surface area contributed by atoms with Gasteiger partial charge in [0.25, 0.3) is 0 Å². The molecule has 3 heterocycles. The maximum atomic E-state index is 4.78. The van der Waals surface area contributed by atoms with Gasteiger partial charge in [0.05, 0.1) is 0 Å². The van der Waals surface area contributed by atoms with Crippen molar-refractivity contribution >= 4 is 11.6 Å². The van der Waals surface area contributed by atoms with E-state index in [1.54, 1.807) is 0 Å². The molecule has 1 N–H and O–H groups in total. The second-order valence-corrected chi connectivity index (χ2v) is 7.52. The van der Waals surface area contributed by atoms with Crippen LogP contribution in [0.2, 0.25) is 0 Å². The van der Waals surface area contributed by atoms with E-state index in [0.717, 1.165) is 49.8 Å². The zero-order valence-corrected chi connectivity index (χ0v) is 14.7. The number of aromatic nitrogens is 4. The summed E-state index contributed by atoms with van der Waals surface area (Å²) < 4.78 is 0. The van der Waals surface area contributed by atoms with Gasteiger partial charge >= 0.3 is 0 Å². The molecule has 2 aromatic rings. The summed E-state index contributed by atoms with van der Waals surface area (Å²) in [6, 6.07) is 2.40. The van der Waals surface area contributed by atoms with E-state index in [-0.39, 0.29) is 0 Å². The average molecular weight is 336 g/mol. The van der Waals surface area contributed by atoms with E-state index in [2.05, 4.69) is 20.2 Å². The zero-order chi connectivity index (χ0) is 16.8. The van der Waals surface area contributed by atoms with Crippen LogP contribution in [-0.4, -0.2) is 39.1 Å². The summed E-state index contributed by atoms with van der Waals surface area (Å²) in [6.45, 7) is 4.03. The molecule has 0 amide bonds. The van der Waals surface area contributed by atoms with Crippen LogP contribution in [0.25, 0.3) is 0 Å². The topological polar surface area (TPSA) is 66.8 Å². The first-order valence-electron chi connectivity index (χ1n) is 9.47. The Morgan fingerprint density at radius 3 is 2.92 bits per heavy atom. The van der Waals surface area contributed by atoms with Gasteiger partial charge in [0.1, 0.15) is 23.3 Å². The van der Waals surface area contributed by atoms with Crippen molar-refractivity contribution in [3.8, 4) is 0 Å². The van der Waals surface area contributed by atoms with Gasteiger partial charge in [-0.2, -0.15) is 0 Å². The Kier molecular flexibility index (Phi) is 3.57. The first-order chi connectivity index (χ1) is 12.3. The molecule has 6 heteroatoms. The quantitative estimate of drug-likeness (QED) is 0.926. The summed E-state index contributed by atoms with van der Waals surface area (Å²) in [5.41, 5.74) is 2.65. The predicted molar refractivity (Wildman–Crippen MR) is 97.0 cm³/mol. The van der Waals surface area contributed by atoms with Gasteiger partial charge in [-0.05, 0) is 51.5 Å². The van der Waals surface area contributed by atoms with Gasteiger partial charge in [0.15, 0.2) is 0 Å². The Bertz CT molecular complexity index is 800. The van der Waals surface area contributed by atoms with Crippen molar-refractivity contribution in [2.45, 2.75) is 57.4 Å². The summed E-state index contributed by atoms with van der Waals surface area (Å²) >= 11 is 0. The molecule has 1 saturated heterocycles. The van der Waals surface area contributed by atoms with Gasteiger partial charge in [-0.3, -0.25) is 0 Å². The second kappa shape index (κ2) is 5.93. The summed E-state index contributed by atoms with van der Waals surface area (Å²) in [5.74, 6) is 4.63. The molecule has 25 heavy (non-hydrogen) atoms. The molecule has 2 aromatic heterocycles. The predicted octanol–water partition coefficient (Wildman–Crippen LogP) is 2.63. The van der Waals surface area contributed by atoms with Crippen molar-refractivity contribution in [2.24, 2.45) is 0 Å². The Morgan fingerprint density at radius 2 is 2.04 bits per heavy atom. The molecule has 1 unspecified atom stereocenters. The Morgan fingerprint density at radius 1 is 1.12 bits per heavy atom. The van der Waals surface area contributed by atoms with Crippen LogP contribution >= 0.6 is 0 Å². The van der Waals surface area contributed by atoms with Crippen LogP contribution in [0.3, 0.4) is 0 Å². The molecule has 3 aliphatic rings. The van der Waals surface area contributed by atoms with Crippen LogP contribution in [0.15, 0.2) is 12.3 Å². The fourth-order valence-corrected chi connectivity index (χ4v) is 4.07. The Hall–Kier alpha value is -2.24. The summed E-state index contributed by atoms with van der Waals surface area (Å²) in [7, 11) is 0. The van der Waals surface area contributed by atoms with E-state index in [9.17, 15) is 0 Å². The highest BCUT2D eigenvalue weighted by molar-refractivity contribution is 5.53. The Balaban J connectivity index is 1.31. The van der Waals surface area contributed by atoms with E-state index in [1.165, 1.54) is 36.3 Å². The van der Waals surface area contributed by atoms with Gasteiger partial charge in [0, 0.05) is 42.5 Å².